The van der Waals surface area contributed by atoms with Crippen LogP contribution in [-0.4, -0.2) is 6.54 Å². The summed E-state index contributed by atoms with van der Waals surface area (Å²) in [5.74, 6) is 0. The van der Waals surface area contributed by atoms with E-state index in [1.807, 2.05) is 38.1 Å². The van der Waals surface area contributed by atoms with Gasteiger partial charge in [-0.15, -0.1) is 0 Å². The number of nitriles is 1. The van der Waals surface area contributed by atoms with Crippen LogP contribution in [0.15, 0.2) is 42.0 Å². The van der Waals surface area contributed by atoms with Crippen LogP contribution in [0.5, 0.6) is 0 Å². The summed E-state index contributed by atoms with van der Waals surface area (Å²) in [7, 11) is 0. The van der Waals surface area contributed by atoms with Crippen LogP contribution in [0.2, 0.25) is 0 Å². The first-order chi connectivity index (χ1) is 8.63. The molecule has 0 fully saturated rings. The number of hydrogen-bond donors (Lipinski definition) is 2. The fourth-order valence-electron chi connectivity index (χ4n) is 1.62. The molecule has 0 saturated heterocycles. The Hall–Kier alpha value is -2.21. The van der Waals surface area contributed by atoms with E-state index in [1.165, 1.54) is 0 Å². The molecule has 0 amide bonds. The Bertz CT molecular complexity index is 489. The third-order valence-electron chi connectivity index (χ3n) is 2.74. The Labute approximate surface area is 109 Å². The molecule has 0 spiro atoms. The number of anilines is 1. The largest absolute Gasteiger partial charge is 0.397 e. The second-order valence-electron chi connectivity index (χ2n) is 3.97. The van der Waals surface area contributed by atoms with Crippen LogP contribution in [0.25, 0.3) is 5.70 Å². The van der Waals surface area contributed by atoms with Crippen molar-refractivity contribution < 1.29 is 0 Å². The van der Waals surface area contributed by atoms with Crippen LogP contribution >= 0.6 is 0 Å². The standard InChI is InChI=1S/C15H19N3/c1-4-11(3)14(10-16)15(17)12-6-8-13(9-7-12)18-5-2/h6-9,18H,3-5,17H2,1-2H3/b15-14-. The molecule has 0 bridgehead atoms. The Morgan fingerprint density at radius 2 is 1.94 bits per heavy atom. The molecule has 1 aromatic carbocycles. The van der Waals surface area contributed by atoms with E-state index < -0.39 is 0 Å². The molecule has 1 rings (SSSR count). The van der Waals surface area contributed by atoms with Crippen molar-refractivity contribution >= 4 is 11.4 Å². The summed E-state index contributed by atoms with van der Waals surface area (Å²) in [4.78, 5) is 0. The fraction of sp³-hybridized carbons (Fsp3) is 0.267. The van der Waals surface area contributed by atoms with Crippen LogP contribution in [0, 0.1) is 11.3 Å². The SMILES string of the molecule is C=C(CC)/C(C#N)=C(\N)c1ccc(NCC)cc1. The topological polar surface area (TPSA) is 61.8 Å². The molecule has 94 valence electrons. The van der Waals surface area contributed by atoms with E-state index in [0.29, 0.717) is 11.3 Å². The monoisotopic (exact) mass is 241 g/mol. The first kappa shape index (κ1) is 13.9. The summed E-state index contributed by atoms with van der Waals surface area (Å²) in [6.07, 6.45) is 0.721. The van der Waals surface area contributed by atoms with Gasteiger partial charge >= 0.3 is 0 Å². The van der Waals surface area contributed by atoms with Gasteiger partial charge < -0.3 is 11.1 Å². The molecule has 0 heterocycles. The normalized spacial score (nSPS) is 11.4. The quantitative estimate of drug-likeness (QED) is 0.614. The lowest BCUT2D eigenvalue weighted by Crippen LogP contribution is -2.03. The van der Waals surface area contributed by atoms with Crippen molar-refractivity contribution in [3.05, 3.63) is 47.6 Å². The van der Waals surface area contributed by atoms with Gasteiger partial charge in [0.2, 0.25) is 0 Å². The van der Waals surface area contributed by atoms with Crippen molar-refractivity contribution in [2.45, 2.75) is 20.3 Å². The van der Waals surface area contributed by atoms with E-state index in [4.69, 9.17) is 11.0 Å². The highest BCUT2D eigenvalue weighted by molar-refractivity contribution is 5.74. The van der Waals surface area contributed by atoms with E-state index in [2.05, 4.69) is 18.0 Å². The van der Waals surface area contributed by atoms with E-state index in [9.17, 15) is 0 Å². The molecule has 1 aromatic rings. The van der Waals surface area contributed by atoms with Gasteiger partial charge in [-0.05, 0) is 36.6 Å². The summed E-state index contributed by atoms with van der Waals surface area (Å²) in [5, 5.41) is 12.3. The van der Waals surface area contributed by atoms with E-state index >= 15 is 0 Å². The lowest BCUT2D eigenvalue weighted by molar-refractivity contribution is 1.13. The molecule has 0 aliphatic rings. The van der Waals surface area contributed by atoms with Gasteiger partial charge in [-0.1, -0.05) is 25.6 Å². The number of nitrogens with one attached hydrogen (secondary N) is 1. The first-order valence-electron chi connectivity index (χ1n) is 6.06. The number of rotatable bonds is 5. The Morgan fingerprint density at radius 3 is 2.39 bits per heavy atom. The molecular weight excluding hydrogens is 222 g/mol. The number of hydrogen-bond acceptors (Lipinski definition) is 3. The minimum Gasteiger partial charge on any atom is -0.397 e. The second kappa shape index (κ2) is 6.51. The fourth-order valence-corrected chi connectivity index (χ4v) is 1.62. The molecule has 0 unspecified atom stereocenters. The third kappa shape index (κ3) is 3.14. The summed E-state index contributed by atoms with van der Waals surface area (Å²) in [6, 6.07) is 9.86. The molecule has 0 aromatic heterocycles. The maximum absolute atomic E-state index is 9.14. The van der Waals surface area contributed by atoms with E-state index in [-0.39, 0.29) is 0 Å². The highest BCUT2D eigenvalue weighted by Gasteiger charge is 2.08. The molecule has 3 nitrogen and oxygen atoms in total. The van der Waals surface area contributed by atoms with Crippen molar-refractivity contribution in [1.82, 2.24) is 0 Å². The average Bonchev–Trinajstić information content (AvgIpc) is 2.40. The van der Waals surface area contributed by atoms with Crippen molar-refractivity contribution in [1.29, 1.82) is 5.26 Å². The van der Waals surface area contributed by atoms with Gasteiger partial charge in [0.25, 0.3) is 0 Å². The summed E-state index contributed by atoms with van der Waals surface area (Å²) >= 11 is 0. The summed E-state index contributed by atoms with van der Waals surface area (Å²) < 4.78 is 0. The predicted molar refractivity (Wildman–Crippen MR) is 76.8 cm³/mol. The minimum absolute atomic E-state index is 0.480. The molecule has 3 N–H and O–H groups in total. The maximum Gasteiger partial charge on any atom is 0.102 e. The van der Waals surface area contributed by atoms with Gasteiger partial charge in [0.15, 0.2) is 0 Å². The van der Waals surface area contributed by atoms with Gasteiger partial charge in [-0.2, -0.15) is 5.26 Å². The van der Waals surface area contributed by atoms with Crippen LogP contribution in [0.3, 0.4) is 0 Å². The second-order valence-corrected chi connectivity index (χ2v) is 3.97. The van der Waals surface area contributed by atoms with Crippen molar-refractivity contribution in [2.24, 2.45) is 5.73 Å². The molecule has 18 heavy (non-hydrogen) atoms. The van der Waals surface area contributed by atoms with Crippen molar-refractivity contribution in [3.63, 3.8) is 0 Å². The number of allylic oxidation sites excluding steroid dienone is 2. The van der Waals surface area contributed by atoms with Crippen LogP contribution < -0.4 is 11.1 Å². The Balaban J connectivity index is 3.09. The van der Waals surface area contributed by atoms with Crippen molar-refractivity contribution in [3.8, 4) is 6.07 Å². The molecule has 0 radical (unpaired) electrons. The average molecular weight is 241 g/mol. The van der Waals surface area contributed by atoms with Crippen molar-refractivity contribution in [2.75, 3.05) is 11.9 Å². The lowest BCUT2D eigenvalue weighted by atomic mass is 10.0. The summed E-state index contributed by atoms with van der Waals surface area (Å²) in [6.45, 7) is 8.74. The van der Waals surface area contributed by atoms with E-state index in [0.717, 1.165) is 29.8 Å². The van der Waals surface area contributed by atoms with Crippen LogP contribution in [-0.2, 0) is 0 Å². The molecule has 0 aliphatic heterocycles. The first-order valence-corrected chi connectivity index (χ1v) is 6.06. The van der Waals surface area contributed by atoms with Crippen LogP contribution in [0.4, 0.5) is 5.69 Å². The zero-order chi connectivity index (χ0) is 13.5. The third-order valence-corrected chi connectivity index (χ3v) is 2.74. The Kier molecular flexibility index (Phi) is 5.01. The molecule has 0 saturated carbocycles. The Morgan fingerprint density at radius 1 is 1.33 bits per heavy atom. The van der Waals surface area contributed by atoms with E-state index in [1.54, 1.807) is 0 Å². The van der Waals surface area contributed by atoms with Gasteiger partial charge in [-0.3, -0.25) is 0 Å². The zero-order valence-corrected chi connectivity index (χ0v) is 11.0. The highest BCUT2D eigenvalue weighted by Crippen LogP contribution is 2.21. The summed E-state index contributed by atoms with van der Waals surface area (Å²) in [5.41, 5.74) is 9.66. The molecular formula is C15H19N3. The minimum atomic E-state index is 0.480. The number of benzene rings is 1. The number of nitrogens with zero attached hydrogens (tertiary/aromatic N) is 1. The van der Waals surface area contributed by atoms with Gasteiger partial charge in [-0.25, -0.2) is 0 Å². The van der Waals surface area contributed by atoms with Gasteiger partial charge in [0, 0.05) is 12.2 Å². The van der Waals surface area contributed by atoms with Gasteiger partial charge in [0.1, 0.15) is 6.07 Å². The molecule has 3 heteroatoms. The number of nitrogens with two attached hydrogens (primary N) is 1. The smallest absolute Gasteiger partial charge is 0.102 e. The van der Waals surface area contributed by atoms with Crippen LogP contribution in [0.1, 0.15) is 25.8 Å². The molecule has 0 aliphatic carbocycles. The highest BCUT2D eigenvalue weighted by atomic mass is 14.8. The lowest BCUT2D eigenvalue weighted by Gasteiger charge is -2.09. The zero-order valence-electron chi connectivity index (χ0n) is 11.0. The maximum atomic E-state index is 9.14. The predicted octanol–water partition coefficient (Wildman–Crippen LogP) is 3.28. The van der Waals surface area contributed by atoms with Gasteiger partial charge in [0.05, 0.1) is 11.3 Å². The molecule has 0 atom stereocenters.